The molecule has 1 aliphatic rings. The van der Waals surface area contributed by atoms with E-state index in [9.17, 15) is 9.90 Å². The molecule has 0 spiro atoms. The number of nitrogens with zero attached hydrogens (tertiary/aromatic N) is 1. The van der Waals surface area contributed by atoms with Crippen LogP contribution < -0.4 is 39.4 Å². The van der Waals surface area contributed by atoms with Crippen molar-refractivity contribution in [2.75, 3.05) is 13.7 Å². The van der Waals surface area contributed by atoms with Gasteiger partial charge in [0.25, 0.3) is 0 Å². The molecule has 4 aromatic rings. The van der Waals surface area contributed by atoms with Gasteiger partial charge in [0.2, 0.25) is 0 Å². The Hall–Kier alpha value is -1.96. The second kappa shape index (κ2) is 10.8. The molecule has 0 aliphatic heterocycles. The molecule has 182 valence electrons. The Morgan fingerprint density at radius 1 is 1.17 bits per heavy atom. The zero-order valence-electron chi connectivity index (χ0n) is 21.6. The van der Waals surface area contributed by atoms with E-state index in [2.05, 4.69) is 26.0 Å². The van der Waals surface area contributed by atoms with E-state index in [4.69, 9.17) is 14.5 Å². The van der Waals surface area contributed by atoms with Gasteiger partial charge in [0.05, 0.1) is 39.7 Å². The summed E-state index contributed by atoms with van der Waals surface area (Å²) < 4.78 is 13.1. The molecule has 1 fully saturated rings. The van der Waals surface area contributed by atoms with Crippen molar-refractivity contribution in [1.82, 2.24) is 4.98 Å². The second-order valence-corrected chi connectivity index (χ2v) is 11.0. The molecule has 0 amide bonds. The molecule has 1 saturated carbocycles. The van der Waals surface area contributed by atoms with Gasteiger partial charge in [-0.25, -0.2) is 4.98 Å². The van der Waals surface area contributed by atoms with Crippen molar-refractivity contribution in [3.05, 3.63) is 59.2 Å². The normalized spacial score (nSPS) is 19.8. The number of ether oxygens (including phenoxy) is 2. The first kappa shape index (κ1) is 27.1. The van der Waals surface area contributed by atoms with Gasteiger partial charge in [0.1, 0.15) is 5.75 Å². The maximum atomic E-state index is 12.3. The van der Waals surface area contributed by atoms with Crippen molar-refractivity contribution >= 4 is 38.3 Å². The van der Waals surface area contributed by atoms with E-state index in [0.717, 1.165) is 51.8 Å². The van der Waals surface area contributed by atoms with Crippen LogP contribution in [0.5, 0.6) is 5.75 Å². The van der Waals surface area contributed by atoms with E-state index < -0.39 is 5.97 Å². The molecular weight excluding hydrogens is 481 g/mol. The summed E-state index contributed by atoms with van der Waals surface area (Å²) in [6, 6.07) is 13.6. The predicted octanol–water partition coefficient (Wildman–Crippen LogP) is 3.07. The molecule has 5 rings (SSSR count). The zero-order chi connectivity index (χ0) is 24.7. The van der Waals surface area contributed by atoms with Crippen molar-refractivity contribution in [1.29, 1.82) is 0 Å². The number of methoxy groups -OCH3 is 1. The molecule has 1 aliphatic carbocycles. The number of hydrogen-bond donors (Lipinski definition) is 0. The average molecular weight is 512 g/mol. The quantitative estimate of drug-likeness (QED) is 0.372. The molecule has 2 heterocycles. The number of aryl methyl sites for hydroxylation is 2. The Labute approximate surface area is 238 Å². The topological polar surface area (TPSA) is 71.5 Å². The minimum atomic E-state index is -1.22. The number of rotatable bonds is 6. The van der Waals surface area contributed by atoms with Gasteiger partial charge in [0.15, 0.2) is 0 Å². The average Bonchev–Trinajstić information content (AvgIpc) is 3.20. The summed E-state index contributed by atoms with van der Waals surface area (Å²) in [6.45, 7) is 6.71. The number of carbonyl (C=O) groups excluding carboxylic acids is 1. The number of carbonyl (C=O) groups is 1. The largest absolute Gasteiger partial charge is 1.00 e. The van der Waals surface area contributed by atoms with Gasteiger partial charge in [-0.3, -0.25) is 0 Å². The van der Waals surface area contributed by atoms with Gasteiger partial charge in [-0.2, -0.15) is 0 Å². The van der Waals surface area contributed by atoms with Gasteiger partial charge in [-0.1, -0.05) is 24.3 Å². The van der Waals surface area contributed by atoms with Crippen LogP contribution in [-0.2, 0) is 4.74 Å². The van der Waals surface area contributed by atoms with E-state index in [1.807, 2.05) is 31.2 Å². The number of carboxylic acids is 1. The van der Waals surface area contributed by atoms with Crippen LogP contribution in [-0.4, -0.2) is 30.3 Å². The fourth-order valence-electron chi connectivity index (χ4n) is 5.13. The molecule has 5 nitrogen and oxygen atoms in total. The van der Waals surface area contributed by atoms with E-state index >= 15 is 0 Å². The van der Waals surface area contributed by atoms with E-state index in [1.54, 1.807) is 24.5 Å². The van der Waals surface area contributed by atoms with Gasteiger partial charge in [-0.05, 0) is 87.1 Å². The number of aromatic nitrogens is 1. The van der Waals surface area contributed by atoms with Crippen molar-refractivity contribution in [3.8, 4) is 16.3 Å². The number of fused-ring (bicyclic) bond motifs is 2. The van der Waals surface area contributed by atoms with Gasteiger partial charge in [-0.15, -0.1) is 11.3 Å². The minimum absolute atomic E-state index is 0. The third-order valence-corrected chi connectivity index (χ3v) is 8.85. The minimum Gasteiger partial charge on any atom is -0.545 e. The van der Waals surface area contributed by atoms with Crippen LogP contribution in [0.4, 0.5) is 0 Å². The van der Waals surface area contributed by atoms with Crippen molar-refractivity contribution in [2.45, 2.75) is 52.1 Å². The Balaban J connectivity index is 0.00000304. The van der Waals surface area contributed by atoms with Crippen molar-refractivity contribution < 1.29 is 48.9 Å². The summed E-state index contributed by atoms with van der Waals surface area (Å²) in [5.74, 6) is -0.257. The molecule has 2 aromatic carbocycles. The molecule has 0 unspecified atom stereocenters. The van der Waals surface area contributed by atoms with Crippen LogP contribution in [0.3, 0.4) is 0 Å². The Kier molecular flexibility index (Phi) is 8.13. The maximum absolute atomic E-state index is 12.3. The van der Waals surface area contributed by atoms with Crippen molar-refractivity contribution in [3.63, 3.8) is 0 Å². The molecule has 0 saturated heterocycles. The summed E-state index contributed by atoms with van der Waals surface area (Å²) in [6.07, 6.45) is 4.04. The molecule has 7 heteroatoms. The van der Waals surface area contributed by atoms with Gasteiger partial charge < -0.3 is 19.4 Å². The monoisotopic (exact) mass is 511 g/mol. The molecule has 2 aromatic heterocycles. The Bertz CT molecular complexity index is 1420. The first-order valence-electron chi connectivity index (χ1n) is 12.1. The molecule has 0 atom stereocenters. The third kappa shape index (κ3) is 5.07. The number of hydrogen-bond acceptors (Lipinski definition) is 6. The summed E-state index contributed by atoms with van der Waals surface area (Å²) in [7, 11) is 1.78. The summed E-state index contributed by atoms with van der Waals surface area (Å²) >= 11 is 1.63. The van der Waals surface area contributed by atoms with Crippen LogP contribution in [0.25, 0.3) is 31.6 Å². The van der Waals surface area contributed by atoms with Gasteiger partial charge >= 0.3 is 29.6 Å². The van der Waals surface area contributed by atoms with Crippen LogP contribution in [0.15, 0.2) is 42.5 Å². The first-order valence-corrected chi connectivity index (χ1v) is 12.9. The number of carboxylic acid groups (broad SMARTS) is 1. The van der Waals surface area contributed by atoms with E-state index in [1.165, 1.54) is 0 Å². The van der Waals surface area contributed by atoms with Crippen LogP contribution >= 0.6 is 11.3 Å². The van der Waals surface area contributed by atoms with Crippen LogP contribution in [0.1, 0.15) is 54.1 Å². The van der Waals surface area contributed by atoms with E-state index in [0.29, 0.717) is 34.9 Å². The smallest absolute Gasteiger partial charge is 0.545 e. The fourth-order valence-corrected chi connectivity index (χ4v) is 6.30. The third-order valence-electron chi connectivity index (χ3n) is 7.55. The molecular formula is C29H30NNaO4S. The molecule has 0 N–H and O–H groups in total. The standard InChI is InChI=1S/C29H31NO4S.Na/c1-17-9-10-23(34-16-19-11-13-29(3,33-4)14-12-19)25-21(28(31)32)15-22(30-26(17)25)27-18(2)20-7-5-6-8-24(20)35-27;/h5-10,15,19H,11-14,16H2,1-4H3,(H,31,32);/q;+1/p-1. The zero-order valence-corrected chi connectivity index (χ0v) is 24.5. The first-order chi connectivity index (χ1) is 16.8. The number of aromatic carboxylic acids is 1. The SMILES string of the molecule is COC1(C)CCC(COc2ccc(C)c3nc(-c4sc5ccccc5c4C)cc(C(=O)[O-])c23)CC1.[Na+]. The van der Waals surface area contributed by atoms with Crippen LogP contribution in [0, 0.1) is 19.8 Å². The van der Waals surface area contributed by atoms with Crippen LogP contribution in [0.2, 0.25) is 0 Å². The maximum Gasteiger partial charge on any atom is 1.00 e. The fraction of sp³-hybridized carbons (Fsp3) is 0.379. The summed E-state index contributed by atoms with van der Waals surface area (Å²) in [5.41, 5.74) is 3.38. The second-order valence-electron chi connectivity index (χ2n) is 9.91. The number of thiophene rings is 1. The van der Waals surface area contributed by atoms with E-state index in [-0.39, 0.29) is 40.7 Å². The Morgan fingerprint density at radius 2 is 1.89 bits per heavy atom. The Morgan fingerprint density at radius 3 is 2.56 bits per heavy atom. The van der Waals surface area contributed by atoms with Crippen molar-refractivity contribution in [2.24, 2.45) is 5.92 Å². The predicted molar refractivity (Wildman–Crippen MR) is 139 cm³/mol. The number of pyridine rings is 1. The summed E-state index contributed by atoms with van der Waals surface area (Å²) in [5, 5.41) is 14.0. The summed E-state index contributed by atoms with van der Waals surface area (Å²) in [4.78, 5) is 18.3. The number of benzene rings is 2. The molecule has 0 radical (unpaired) electrons. The van der Waals surface area contributed by atoms with Gasteiger partial charge in [0, 0.05) is 17.4 Å². The molecule has 0 bridgehead atoms. The molecule has 36 heavy (non-hydrogen) atoms.